The molecule has 0 aromatic heterocycles. The number of ether oxygens (including phenoxy) is 1. The number of nitrogens with one attached hydrogen (secondary N) is 1. The summed E-state index contributed by atoms with van der Waals surface area (Å²) in [6.45, 7) is -0.664. The van der Waals surface area contributed by atoms with Gasteiger partial charge in [-0.2, -0.15) is 0 Å². The van der Waals surface area contributed by atoms with Crippen molar-refractivity contribution in [3.05, 3.63) is 0 Å². The Morgan fingerprint density at radius 3 is 2.71 bits per heavy atom. The minimum absolute atomic E-state index is 0.0993. The quantitative estimate of drug-likeness (QED) is 0.577. The molecular weight excluding hydrogens is 241 g/mol. The Morgan fingerprint density at radius 2 is 2.12 bits per heavy atom. The van der Waals surface area contributed by atoms with Crippen LogP contribution in [-0.2, 0) is 14.3 Å². The van der Waals surface area contributed by atoms with Gasteiger partial charge in [-0.25, -0.2) is 0 Å². The zero-order valence-electron chi connectivity index (χ0n) is 9.21. The summed E-state index contributed by atoms with van der Waals surface area (Å²) in [5.74, 6) is -0.701. The molecule has 5 nitrogen and oxygen atoms in total. The number of halogens is 3. The first-order chi connectivity index (χ1) is 7.81. The maximum atomic E-state index is 11.6. The molecule has 0 aliphatic carbocycles. The van der Waals surface area contributed by atoms with Crippen LogP contribution in [0.4, 0.5) is 13.2 Å². The van der Waals surface area contributed by atoms with Crippen molar-refractivity contribution in [3.8, 4) is 0 Å². The number of imide groups is 1. The number of hydrogen-bond acceptors (Lipinski definition) is 4. The molecule has 2 amide bonds. The van der Waals surface area contributed by atoms with Gasteiger partial charge in [-0.05, 0) is 6.42 Å². The highest BCUT2D eigenvalue weighted by atomic mass is 19.4. The van der Waals surface area contributed by atoms with E-state index in [1.165, 1.54) is 7.05 Å². The molecule has 1 aliphatic heterocycles. The fraction of sp³-hybridized carbons (Fsp3) is 0.778. The number of amides is 2. The molecule has 1 N–H and O–H groups in total. The minimum atomic E-state index is -4.66. The van der Waals surface area contributed by atoms with Gasteiger partial charge >= 0.3 is 6.36 Å². The summed E-state index contributed by atoms with van der Waals surface area (Å²) in [4.78, 5) is 23.6. The zero-order valence-corrected chi connectivity index (χ0v) is 9.21. The Morgan fingerprint density at radius 1 is 1.47 bits per heavy atom. The van der Waals surface area contributed by atoms with Crippen molar-refractivity contribution >= 4 is 11.8 Å². The minimum Gasteiger partial charge on any atom is -0.304 e. The summed E-state index contributed by atoms with van der Waals surface area (Å²) in [6.07, 6.45) is -4.15. The molecule has 0 saturated carbocycles. The highest BCUT2D eigenvalue weighted by Gasteiger charge is 2.32. The molecule has 0 spiro atoms. The van der Waals surface area contributed by atoms with E-state index in [-0.39, 0.29) is 18.9 Å². The van der Waals surface area contributed by atoms with Gasteiger partial charge in [-0.1, -0.05) is 0 Å². The fourth-order valence-electron chi connectivity index (χ4n) is 1.50. The standard InChI is InChI=1S/C9H13F3N2O3/c1-14-7(15)3-2-6(8(14)16)13-4-5-17-9(10,11)12/h6,13H,2-5H2,1H3. The molecule has 8 heteroatoms. The molecular formula is C9H13F3N2O3. The van der Waals surface area contributed by atoms with Crippen molar-refractivity contribution in [2.75, 3.05) is 20.2 Å². The predicted octanol–water partition coefficient (Wildman–Crippen LogP) is 0.260. The molecule has 0 radical (unpaired) electrons. The molecule has 0 bridgehead atoms. The lowest BCUT2D eigenvalue weighted by molar-refractivity contribution is -0.323. The van der Waals surface area contributed by atoms with Gasteiger partial charge in [-0.3, -0.25) is 19.2 Å². The van der Waals surface area contributed by atoms with E-state index >= 15 is 0 Å². The molecule has 1 atom stereocenters. The van der Waals surface area contributed by atoms with E-state index in [1.807, 2.05) is 0 Å². The average molecular weight is 254 g/mol. The van der Waals surface area contributed by atoms with Crippen LogP contribution in [0.1, 0.15) is 12.8 Å². The largest absolute Gasteiger partial charge is 0.522 e. The molecule has 1 unspecified atom stereocenters. The summed E-state index contributed by atoms with van der Waals surface area (Å²) in [5.41, 5.74) is 0. The van der Waals surface area contributed by atoms with Crippen LogP contribution < -0.4 is 5.32 Å². The van der Waals surface area contributed by atoms with Gasteiger partial charge < -0.3 is 5.32 Å². The van der Waals surface area contributed by atoms with Gasteiger partial charge in [-0.15, -0.1) is 13.2 Å². The van der Waals surface area contributed by atoms with Crippen LogP contribution in [0, 0.1) is 0 Å². The van der Waals surface area contributed by atoms with Crippen LogP contribution in [0.2, 0.25) is 0 Å². The Balaban J connectivity index is 2.28. The van der Waals surface area contributed by atoms with E-state index in [9.17, 15) is 22.8 Å². The summed E-state index contributed by atoms with van der Waals surface area (Å²) in [6, 6.07) is -0.616. The maximum Gasteiger partial charge on any atom is 0.522 e. The third-order valence-corrected chi connectivity index (χ3v) is 2.41. The maximum absolute atomic E-state index is 11.6. The normalized spacial score (nSPS) is 22.1. The van der Waals surface area contributed by atoms with Gasteiger partial charge in [0.15, 0.2) is 0 Å². The topological polar surface area (TPSA) is 58.6 Å². The third kappa shape index (κ3) is 4.31. The molecule has 1 heterocycles. The predicted molar refractivity (Wildman–Crippen MR) is 50.8 cm³/mol. The van der Waals surface area contributed by atoms with Gasteiger partial charge in [0.25, 0.3) is 0 Å². The molecule has 0 aromatic rings. The number of carbonyl (C=O) groups is 2. The first kappa shape index (κ1) is 13.9. The highest BCUT2D eigenvalue weighted by molar-refractivity contribution is 6.00. The van der Waals surface area contributed by atoms with E-state index in [1.54, 1.807) is 0 Å². The monoisotopic (exact) mass is 254 g/mol. The van der Waals surface area contributed by atoms with Crippen LogP contribution >= 0.6 is 0 Å². The van der Waals surface area contributed by atoms with Crippen LogP contribution in [0.25, 0.3) is 0 Å². The first-order valence-electron chi connectivity index (χ1n) is 5.06. The van der Waals surface area contributed by atoms with E-state index in [0.717, 1.165) is 4.90 Å². The lowest BCUT2D eigenvalue weighted by Crippen LogP contribution is -2.52. The third-order valence-electron chi connectivity index (χ3n) is 2.41. The molecule has 1 aliphatic rings. The van der Waals surface area contributed by atoms with Crippen molar-refractivity contribution in [1.82, 2.24) is 10.2 Å². The first-order valence-corrected chi connectivity index (χ1v) is 5.06. The summed E-state index contributed by atoms with van der Waals surface area (Å²) >= 11 is 0. The molecule has 1 rings (SSSR count). The van der Waals surface area contributed by atoms with E-state index < -0.39 is 24.9 Å². The molecule has 1 saturated heterocycles. The molecule has 98 valence electrons. The SMILES string of the molecule is CN1C(=O)CCC(NCCOC(F)(F)F)C1=O. The lowest BCUT2D eigenvalue weighted by Gasteiger charge is -2.28. The molecule has 17 heavy (non-hydrogen) atoms. The number of piperidine rings is 1. The van der Waals surface area contributed by atoms with Gasteiger partial charge in [0.05, 0.1) is 12.6 Å². The summed E-state index contributed by atoms with van der Waals surface area (Å²) in [5, 5.41) is 2.63. The van der Waals surface area contributed by atoms with Gasteiger partial charge in [0, 0.05) is 20.0 Å². The number of carbonyl (C=O) groups excluding carboxylic acids is 2. The van der Waals surface area contributed by atoms with Crippen molar-refractivity contribution in [2.45, 2.75) is 25.2 Å². The van der Waals surface area contributed by atoms with Crippen LogP contribution in [0.3, 0.4) is 0 Å². The fourth-order valence-corrected chi connectivity index (χ4v) is 1.50. The second-order valence-corrected chi connectivity index (χ2v) is 3.63. The zero-order chi connectivity index (χ0) is 13.1. The van der Waals surface area contributed by atoms with E-state index in [2.05, 4.69) is 10.1 Å². The molecule has 1 fully saturated rings. The Labute approximate surface area is 95.9 Å². The van der Waals surface area contributed by atoms with Crippen LogP contribution in [0.5, 0.6) is 0 Å². The average Bonchev–Trinajstić information content (AvgIpc) is 2.22. The second-order valence-electron chi connectivity index (χ2n) is 3.63. The van der Waals surface area contributed by atoms with Crippen molar-refractivity contribution in [3.63, 3.8) is 0 Å². The van der Waals surface area contributed by atoms with E-state index in [0.29, 0.717) is 6.42 Å². The van der Waals surface area contributed by atoms with Crippen molar-refractivity contribution < 1.29 is 27.5 Å². The number of hydrogen-bond donors (Lipinski definition) is 1. The Hall–Kier alpha value is -1.15. The Bertz CT molecular complexity index is 306. The number of rotatable bonds is 4. The van der Waals surface area contributed by atoms with Gasteiger partial charge in [0.1, 0.15) is 0 Å². The second kappa shape index (κ2) is 5.46. The molecule has 0 aromatic carbocycles. The lowest BCUT2D eigenvalue weighted by atomic mass is 10.0. The van der Waals surface area contributed by atoms with Crippen molar-refractivity contribution in [1.29, 1.82) is 0 Å². The van der Waals surface area contributed by atoms with Gasteiger partial charge in [0.2, 0.25) is 11.8 Å². The summed E-state index contributed by atoms with van der Waals surface area (Å²) < 4.78 is 38.5. The number of nitrogens with zero attached hydrogens (tertiary/aromatic N) is 1. The highest BCUT2D eigenvalue weighted by Crippen LogP contribution is 2.15. The van der Waals surface area contributed by atoms with Crippen molar-refractivity contribution in [2.24, 2.45) is 0 Å². The number of likely N-dealkylation sites (tertiary alicyclic amines) is 1. The Kier molecular flexibility index (Phi) is 4.47. The number of alkyl halides is 3. The van der Waals surface area contributed by atoms with Crippen LogP contribution in [0.15, 0.2) is 0 Å². The smallest absolute Gasteiger partial charge is 0.304 e. The number of likely N-dealkylation sites (N-methyl/N-ethyl adjacent to an activating group) is 1. The summed E-state index contributed by atoms with van der Waals surface area (Å²) in [7, 11) is 1.35. The van der Waals surface area contributed by atoms with E-state index in [4.69, 9.17) is 0 Å². The van der Waals surface area contributed by atoms with Crippen LogP contribution in [-0.4, -0.2) is 49.3 Å².